The molecule has 0 saturated heterocycles. The number of esters is 2. The van der Waals surface area contributed by atoms with Gasteiger partial charge in [-0.05, 0) is 89.5 Å². The highest BCUT2D eigenvalue weighted by atomic mass is 79.9. The Balaban J connectivity index is -0.00000174. The van der Waals surface area contributed by atoms with Crippen LogP contribution in [0.3, 0.4) is 0 Å². The highest BCUT2D eigenvalue weighted by Gasteiger charge is 2.50. The van der Waals surface area contributed by atoms with E-state index in [1.165, 1.54) is 0 Å². The van der Waals surface area contributed by atoms with Crippen molar-refractivity contribution >= 4 is 57.6 Å². The molecule has 0 bridgehead atoms. The van der Waals surface area contributed by atoms with Crippen LogP contribution in [-0.4, -0.2) is 73.5 Å². The summed E-state index contributed by atoms with van der Waals surface area (Å²) in [4.78, 5) is 38.6. The maximum Gasteiger partial charge on any atom is 0.409 e. The van der Waals surface area contributed by atoms with Crippen LogP contribution >= 0.6 is 39.6 Å². The summed E-state index contributed by atoms with van der Waals surface area (Å²) in [5.74, 6) is -0.474. The van der Waals surface area contributed by atoms with E-state index in [9.17, 15) is 14.4 Å². The molecule has 0 aromatic heterocycles. The van der Waals surface area contributed by atoms with Gasteiger partial charge in [-0.2, -0.15) is 0 Å². The lowest BCUT2D eigenvalue weighted by molar-refractivity contribution is -0.166. The van der Waals surface area contributed by atoms with Crippen LogP contribution in [-0.2, 0) is 35.0 Å². The van der Waals surface area contributed by atoms with Crippen molar-refractivity contribution in [2.75, 3.05) is 39.8 Å². The Morgan fingerprint density at radius 2 is 1.49 bits per heavy atom. The fourth-order valence-corrected chi connectivity index (χ4v) is 4.13. The summed E-state index contributed by atoms with van der Waals surface area (Å²) < 4.78 is 34.7. The van der Waals surface area contributed by atoms with Gasteiger partial charge in [0, 0.05) is 30.9 Å². The summed E-state index contributed by atoms with van der Waals surface area (Å²) >= 11 is 10.6. The molecule has 0 radical (unpaired) electrons. The average molecular weight is 747 g/mol. The Morgan fingerprint density at radius 1 is 1.00 bits per heavy atom. The highest BCUT2D eigenvalue weighted by molar-refractivity contribution is 9.10. The lowest BCUT2D eigenvalue weighted by Crippen LogP contribution is -2.62. The van der Waals surface area contributed by atoms with Crippen LogP contribution in [0.5, 0.6) is 5.75 Å². The molecular formula is C32H57BrClNO9S. The number of benzene rings is 1. The van der Waals surface area contributed by atoms with E-state index in [0.717, 1.165) is 28.0 Å². The van der Waals surface area contributed by atoms with E-state index < -0.39 is 29.2 Å². The number of amides is 1. The zero-order chi connectivity index (χ0) is 35.6. The van der Waals surface area contributed by atoms with Crippen LogP contribution in [0.4, 0.5) is 4.79 Å². The van der Waals surface area contributed by atoms with E-state index >= 15 is 0 Å². The molecule has 0 aliphatic rings. The molecule has 13 heteroatoms. The van der Waals surface area contributed by atoms with Crippen LogP contribution in [0.25, 0.3) is 0 Å². The zero-order valence-electron chi connectivity index (χ0n) is 29.3. The minimum absolute atomic E-state index is 0.0164. The van der Waals surface area contributed by atoms with Gasteiger partial charge in [0.1, 0.15) is 11.4 Å². The number of halogens is 2. The molecule has 0 unspecified atom stereocenters. The molecule has 0 atom stereocenters. The van der Waals surface area contributed by atoms with Crippen LogP contribution in [0.1, 0.15) is 94.1 Å². The minimum Gasteiger partial charge on any atom is -0.492 e. The fourth-order valence-electron chi connectivity index (χ4n) is 3.24. The maximum atomic E-state index is 13.0. The van der Waals surface area contributed by atoms with Crippen molar-refractivity contribution in [3.63, 3.8) is 0 Å². The van der Waals surface area contributed by atoms with E-state index in [1.54, 1.807) is 60.1 Å². The molecule has 2 N–H and O–H groups in total. The molecule has 0 saturated carbocycles. The van der Waals surface area contributed by atoms with Gasteiger partial charge in [0.25, 0.3) is 0 Å². The third-order valence-electron chi connectivity index (χ3n) is 4.81. The molecule has 45 heavy (non-hydrogen) atoms. The predicted molar refractivity (Wildman–Crippen MR) is 187 cm³/mol. The van der Waals surface area contributed by atoms with Gasteiger partial charge in [0.2, 0.25) is 5.54 Å². The van der Waals surface area contributed by atoms with E-state index in [2.05, 4.69) is 42.0 Å². The molecule has 0 spiro atoms. The van der Waals surface area contributed by atoms with Gasteiger partial charge in [0.05, 0.1) is 24.8 Å². The van der Waals surface area contributed by atoms with Crippen LogP contribution in [0.15, 0.2) is 16.6 Å². The number of methoxy groups -OCH3 is 1. The van der Waals surface area contributed by atoms with Gasteiger partial charge in [0.15, 0.2) is 0 Å². The number of rotatable bonds is 14. The molecule has 0 fully saturated rings. The number of hydrogen-bond donors (Lipinski definition) is 2. The molecule has 264 valence electrons. The molecule has 10 nitrogen and oxygen atoms in total. The fraction of sp³-hybridized carbons (Fsp3) is 0.719. The van der Waals surface area contributed by atoms with Crippen molar-refractivity contribution in [1.82, 2.24) is 5.32 Å². The molecular weight excluding hydrogens is 690 g/mol. The number of aryl methyl sites for hydroxylation is 1. The van der Waals surface area contributed by atoms with E-state index in [-0.39, 0.29) is 19.6 Å². The summed E-state index contributed by atoms with van der Waals surface area (Å²) in [6.07, 6.45) is 2.04. The third kappa shape index (κ3) is 22.4. The normalized spacial score (nSPS) is 10.6. The van der Waals surface area contributed by atoms with Crippen molar-refractivity contribution in [3.8, 4) is 5.75 Å². The van der Waals surface area contributed by atoms with Crippen molar-refractivity contribution in [1.29, 1.82) is 0 Å². The number of hydrogen-bond acceptors (Lipinski definition) is 10. The van der Waals surface area contributed by atoms with Crippen LogP contribution < -0.4 is 10.1 Å². The Bertz CT molecular complexity index is 939. The van der Waals surface area contributed by atoms with Gasteiger partial charge in [-0.3, -0.25) is 5.32 Å². The van der Waals surface area contributed by atoms with Gasteiger partial charge in [-0.1, -0.05) is 62.1 Å². The van der Waals surface area contributed by atoms with E-state index in [4.69, 9.17) is 39.8 Å². The Morgan fingerprint density at radius 3 is 1.91 bits per heavy atom. The lowest BCUT2D eigenvalue weighted by atomic mass is 9.91. The van der Waals surface area contributed by atoms with Gasteiger partial charge in [-0.15, -0.1) is 0 Å². The van der Waals surface area contributed by atoms with Gasteiger partial charge >= 0.3 is 18.0 Å². The van der Waals surface area contributed by atoms with E-state index in [0.29, 0.717) is 43.2 Å². The summed E-state index contributed by atoms with van der Waals surface area (Å²) in [6.45, 7) is 19.8. The number of ether oxygens (including phenoxy) is 5. The Hall–Kier alpha value is -1.73. The average Bonchev–Trinajstić information content (AvgIpc) is 2.93. The first-order valence-corrected chi connectivity index (χ1v) is 17.5. The number of nitrogens with one attached hydrogen (secondary N) is 1. The second-order valence-electron chi connectivity index (χ2n) is 10.8. The van der Waals surface area contributed by atoms with Crippen molar-refractivity contribution in [2.45, 2.75) is 106 Å². The first-order valence-electron chi connectivity index (χ1n) is 15.2. The molecule has 1 aromatic carbocycles. The second kappa shape index (κ2) is 27.4. The summed E-state index contributed by atoms with van der Waals surface area (Å²) in [7, 11) is 1.62. The van der Waals surface area contributed by atoms with Gasteiger partial charge in [-0.25, -0.2) is 14.4 Å². The largest absolute Gasteiger partial charge is 0.492 e. The molecule has 1 amide bonds. The van der Waals surface area contributed by atoms with Crippen LogP contribution in [0.2, 0.25) is 5.02 Å². The van der Waals surface area contributed by atoms with Crippen molar-refractivity contribution in [3.05, 3.63) is 27.2 Å². The third-order valence-corrected chi connectivity index (χ3v) is 5.84. The molecule has 0 aliphatic carbocycles. The number of carbonyl (C=O) groups is 3. The maximum absolute atomic E-state index is 13.0. The highest BCUT2D eigenvalue weighted by Crippen LogP contribution is 2.33. The lowest BCUT2D eigenvalue weighted by Gasteiger charge is -2.31. The summed E-state index contributed by atoms with van der Waals surface area (Å²) in [6, 6.07) is 3.53. The zero-order valence-corrected chi connectivity index (χ0v) is 32.4. The topological polar surface area (TPSA) is 130 Å². The summed E-state index contributed by atoms with van der Waals surface area (Å²) in [5, 5.41) is 2.88. The molecule has 1 rings (SSSR count). The molecule has 0 heterocycles. The SMILES string of the molecule is CC.CC(C)C.CCOC(=O)C(CCCc1cc(OCCCOC)c(Cl)cc1Br)(NC(=O)OC(C)(C)C)C(=O)OCC.CSO. The second-order valence-corrected chi connectivity index (χ2v) is 12.4. The molecule has 0 aliphatic heterocycles. The molecule has 1 aromatic rings. The first-order chi connectivity index (χ1) is 21.0. The quantitative estimate of drug-likeness (QED) is 0.0627. The number of alkyl carbamates (subject to hydrolysis) is 1. The minimum atomic E-state index is -2.06. The Kier molecular flexibility index (Phi) is 29.0. The van der Waals surface area contributed by atoms with Gasteiger partial charge < -0.3 is 28.2 Å². The van der Waals surface area contributed by atoms with Crippen molar-refractivity contribution in [2.24, 2.45) is 5.92 Å². The standard InChI is InChI=1S/C25H37BrClNO8.C4H10.C2H6.CH4OS/c1-7-33-21(29)25(22(30)34-8-2,28-23(31)36-24(3,4)5)12-9-11-17-15-20(19(27)16-18(17)26)35-14-10-13-32-6;1-4(2)3;1-2;1-3-2/h15-16H,7-14H2,1-6H3,(H,28,31);4H,1-3H3;1-2H3;2H,1H3. The van der Waals surface area contributed by atoms with Crippen LogP contribution in [0, 0.1) is 5.92 Å². The Labute approximate surface area is 289 Å². The van der Waals surface area contributed by atoms with E-state index in [1.807, 2.05) is 13.8 Å². The smallest absolute Gasteiger partial charge is 0.409 e. The van der Waals surface area contributed by atoms with Crippen molar-refractivity contribution < 1.29 is 42.6 Å². The first kappa shape index (κ1) is 47.7. The summed E-state index contributed by atoms with van der Waals surface area (Å²) in [5.41, 5.74) is -2.06. The number of carbonyl (C=O) groups excluding carboxylic acids is 3. The predicted octanol–water partition coefficient (Wildman–Crippen LogP) is 8.74. The monoisotopic (exact) mass is 745 g/mol.